The molecule has 3 rings (SSSR count). The number of amides is 2. The Kier molecular flexibility index (Phi) is 5.28. The van der Waals surface area contributed by atoms with E-state index in [-0.39, 0.29) is 11.6 Å². The van der Waals surface area contributed by atoms with Gasteiger partial charge in [-0.2, -0.15) is 0 Å². The van der Waals surface area contributed by atoms with E-state index in [0.717, 1.165) is 0 Å². The predicted octanol–water partition coefficient (Wildman–Crippen LogP) is 4.47. The zero-order valence-electron chi connectivity index (χ0n) is 14.3. The summed E-state index contributed by atoms with van der Waals surface area (Å²) >= 11 is 1.34. The summed E-state index contributed by atoms with van der Waals surface area (Å²) in [6.45, 7) is 1.58. The Balaban J connectivity index is 1.70. The number of rotatable bonds is 5. The first-order chi connectivity index (χ1) is 13.0. The van der Waals surface area contributed by atoms with Crippen molar-refractivity contribution in [2.45, 2.75) is 6.92 Å². The van der Waals surface area contributed by atoms with Crippen LogP contribution >= 0.6 is 11.3 Å². The van der Waals surface area contributed by atoms with E-state index in [2.05, 4.69) is 10.6 Å². The van der Waals surface area contributed by atoms with Crippen LogP contribution in [0.3, 0.4) is 0 Å². The Morgan fingerprint density at radius 2 is 1.70 bits per heavy atom. The van der Waals surface area contributed by atoms with Gasteiger partial charge in [0.05, 0.1) is 21.1 Å². The van der Waals surface area contributed by atoms with Gasteiger partial charge in [-0.15, -0.1) is 11.3 Å². The largest absolute Gasteiger partial charge is 0.321 e. The van der Waals surface area contributed by atoms with E-state index < -0.39 is 10.8 Å². The average Bonchev–Trinajstić information content (AvgIpc) is 3.18. The highest BCUT2D eigenvalue weighted by Crippen LogP contribution is 2.25. The number of carbonyl (C=O) groups is 2. The van der Waals surface area contributed by atoms with Crippen molar-refractivity contribution in [3.63, 3.8) is 0 Å². The SMILES string of the molecule is Cc1c(NC(=O)c2ccc(NC(=O)c3cccs3)cc2)cccc1[N+](=O)[O-]. The summed E-state index contributed by atoms with van der Waals surface area (Å²) in [4.78, 5) is 35.5. The molecule has 136 valence electrons. The molecule has 2 amide bonds. The number of hydrogen-bond acceptors (Lipinski definition) is 5. The van der Waals surface area contributed by atoms with Crippen LogP contribution in [-0.2, 0) is 0 Å². The van der Waals surface area contributed by atoms with Crippen LogP contribution in [0.15, 0.2) is 60.0 Å². The number of hydrogen-bond donors (Lipinski definition) is 2. The summed E-state index contributed by atoms with van der Waals surface area (Å²) in [5, 5.41) is 18.2. The van der Waals surface area contributed by atoms with Gasteiger partial charge in [-0.1, -0.05) is 12.1 Å². The Morgan fingerprint density at radius 3 is 2.33 bits per heavy atom. The predicted molar refractivity (Wildman–Crippen MR) is 105 cm³/mol. The van der Waals surface area contributed by atoms with Gasteiger partial charge in [0, 0.05) is 17.3 Å². The van der Waals surface area contributed by atoms with E-state index in [1.807, 2.05) is 5.38 Å². The maximum Gasteiger partial charge on any atom is 0.274 e. The van der Waals surface area contributed by atoms with Crippen molar-refractivity contribution in [1.29, 1.82) is 0 Å². The van der Waals surface area contributed by atoms with Crippen molar-refractivity contribution in [1.82, 2.24) is 0 Å². The topological polar surface area (TPSA) is 101 Å². The number of thiophene rings is 1. The Bertz CT molecular complexity index is 998. The number of nitrogens with zero attached hydrogens (tertiary/aromatic N) is 1. The van der Waals surface area contributed by atoms with Gasteiger partial charge in [0.15, 0.2) is 0 Å². The molecule has 3 aromatic rings. The summed E-state index contributed by atoms with van der Waals surface area (Å²) in [6.07, 6.45) is 0. The lowest BCUT2D eigenvalue weighted by molar-refractivity contribution is -0.385. The molecule has 0 unspecified atom stereocenters. The normalized spacial score (nSPS) is 10.3. The summed E-state index contributed by atoms with van der Waals surface area (Å²) in [6, 6.07) is 14.4. The number of nitro groups is 1. The molecule has 0 fully saturated rings. The highest BCUT2D eigenvalue weighted by Gasteiger charge is 2.15. The standard InChI is InChI=1S/C19H15N3O4S/c1-12-15(4-2-5-16(12)22(25)26)21-18(23)13-7-9-14(10-8-13)20-19(24)17-6-3-11-27-17/h2-11H,1H3,(H,20,24)(H,21,23). The van der Waals surface area contributed by atoms with Gasteiger partial charge in [0.1, 0.15) is 0 Å². The zero-order chi connectivity index (χ0) is 19.4. The lowest BCUT2D eigenvalue weighted by atomic mass is 10.1. The molecule has 1 aromatic heterocycles. The Labute approximate surface area is 158 Å². The Morgan fingerprint density at radius 1 is 0.963 bits per heavy atom. The summed E-state index contributed by atoms with van der Waals surface area (Å²) in [5.41, 5.74) is 1.64. The van der Waals surface area contributed by atoms with Crippen LogP contribution in [0.25, 0.3) is 0 Å². The molecular weight excluding hydrogens is 366 g/mol. The highest BCUT2D eigenvalue weighted by atomic mass is 32.1. The molecule has 0 atom stereocenters. The minimum Gasteiger partial charge on any atom is -0.321 e. The van der Waals surface area contributed by atoms with Gasteiger partial charge in [0.2, 0.25) is 0 Å². The molecule has 7 nitrogen and oxygen atoms in total. The second-order valence-electron chi connectivity index (χ2n) is 5.67. The fourth-order valence-corrected chi connectivity index (χ4v) is 3.08. The molecule has 0 aliphatic heterocycles. The third-order valence-electron chi connectivity index (χ3n) is 3.90. The second-order valence-corrected chi connectivity index (χ2v) is 6.62. The minimum absolute atomic E-state index is 0.0561. The molecule has 0 aliphatic rings. The van der Waals surface area contributed by atoms with E-state index >= 15 is 0 Å². The number of nitro benzene ring substituents is 1. The first-order valence-corrected chi connectivity index (χ1v) is 8.84. The number of nitrogens with one attached hydrogen (secondary N) is 2. The van der Waals surface area contributed by atoms with Crippen LogP contribution in [-0.4, -0.2) is 16.7 Å². The van der Waals surface area contributed by atoms with Gasteiger partial charge in [-0.25, -0.2) is 0 Å². The fourth-order valence-electron chi connectivity index (χ4n) is 2.46. The van der Waals surface area contributed by atoms with Crippen LogP contribution in [0.4, 0.5) is 17.1 Å². The maximum absolute atomic E-state index is 12.4. The third kappa shape index (κ3) is 4.18. The molecule has 1 heterocycles. The molecule has 0 radical (unpaired) electrons. The second kappa shape index (κ2) is 7.79. The van der Waals surface area contributed by atoms with Gasteiger partial charge in [-0.05, 0) is 48.7 Å². The van der Waals surface area contributed by atoms with Crippen molar-refractivity contribution < 1.29 is 14.5 Å². The van der Waals surface area contributed by atoms with Crippen LogP contribution in [0.1, 0.15) is 25.6 Å². The molecule has 0 saturated heterocycles. The van der Waals surface area contributed by atoms with Crippen LogP contribution in [0.5, 0.6) is 0 Å². The van der Waals surface area contributed by atoms with Crippen LogP contribution in [0.2, 0.25) is 0 Å². The average molecular weight is 381 g/mol. The van der Waals surface area contributed by atoms with Crippen molar-refractivity contribution in [2.75, 3.05) is 10.6 Å². The van der Waals surface area contributed by atoms with Gasteiger partial charge < -0.3 is 10.6 Å². The molecule has 0 saturated carbocycles. The van der Waals surface area contributed by atoms with Crippen molar-refractivity contribution in [2.24, 2.45) is 0 Å². The molecule has 0 bridgehead atoms. The van der Waals surface area contributed by atoms with Gasteiger partial charge in [-0.3, -0.25) is 19.7 Å². The lowest BCUT2D eigenvalue weighted by Gasteiger charge is -2.09. The molecule has 0 aliphatic carbocycles. The first kappa shape index (κ1) is 18.3. The Hall–Kier alpha value is -3.52. The first-order valence-electron chi connectivity index (χ1n) is 7.96. The monoisotopic (exact) mass is 381 g/mol. The van der Waals surface area contributed by atoms with Crippen LogP contribution in [0, 0.1) is 17.0 Å². The van der Waals surface area contributed by atoms with Crippen molar-refractivity contribution in [3.05, 3.63) is 86.1 Å². The van der Waals surface area contributed by atoms with Crippen molar-refractivity contribution in [3.8, 4) is 0 Å². The van der Waals surface area contributed by atoms with E-state index in [9.17, 15) is 19.7 Å². The summed E-state index contributed by atoms with van der Waals surface area (Å²) in [7, 11) is 0. The van der Waals surface area contributed by atoms with Crippen molar-refractivity contribution >= 4 is 40.2 Å². The molecular formula is C19H15N3O4S. The van der Waals surface area contributed by atoms with E-state index in [1.165, 1.54) is 23.5 Å². The number of carbonyl (C=O) groups excluding carboxylic acids is 2. The third-order valence-corrected chi connectivity index (χ3v) is 4.77. The van der Waals surface area contributed by atoms with Crippen LogP contribution < -0.4 is 10.6 Å². The number of benzene rings is 2. The van der Waals surface area contributed by atoms with E-state index in [4.69, 9.17) is 0 Å². The quantitative estimate of drug-likeness (QED) is 0.503. The smallest absolute Gasteiger partial charge is 0.274 e. The van der Waals surface area contributed by atoms with E-state index in [0.29, 0.717) is 27.4 Å². The van der Waals surface area contributed by atoms with Gasteiger partial charge >= 0.3 is 0 Å². The summed E-state index contributed by atoms with van der Waals surface area (Å²) < 4.78 is 0. The highest BCUT2D eigenvalue weighted by molar-refractivity contribution is 7.12. The molecule has 2 aromatic carbocycles. The van der Waals surface area contributed by atoms with E-state index in [1.54, 1.807) is 49.4 Å². The zero-order valence-corrected chi connectivity index (χ0v) is 15.1. The molecule has 2 N–H and O–H groups in total. The summed E-state index contributed by atoms with van der Waals surface area (Å²) in [5.74, 6) is -0.607. The lowest BCUT2D eigenvalue weighted by Crippen LogP contribution is -2.14. The molecule has 0 spiro atoms. The molecule has 8 heteroatoms. The van der Waals surface area contributed by atoms with Gasteiger partial charge in [0.25, 0.3) is 17.5 Å². The molecule has 27 heavy (non-hydrogen) atoms. The number of anilines is 2. The maximum atomic E-state index is 12.4. The minimum atomic E-state index is -0.490. The fraction of sp³-hybridized carbons (Fsp3) is 0.0526.